The van der Waals surface area contributed by atoms with Crippen molar-refractivity contribution >= 4 is 29.3 Å². The lowest BCUT2D eigenvalue weighted by Crippen LogP contribution is -2.69. The number of nitrogens with zero attached hydrogens (tertiary/aromatic N) is 1. The molecule has 0 saturated carbocycles. The van der Waals surface area contributed by atoms with Crippen LogP contribution in [-0.4, -0.2) is 17.4 Å². The standard InChI is InChI=1S/C26H24N2O2/c1-19-10-6-8-14-22(19)27-25(30)26(17-16-21-12-4-3-5-13-21)18-24(29)28(26)23-15-9-7-11-20(23)2/h3-17H,18H2,1-2H3,(H,27,30). The minimum Gasteiger partial charge on any atom is -0.323 e. The molecule has 4 nitrogen and oxygen atoms in total. The second-order valence-electron chi connectivity index (χ2n) is 7.63. The summed E-state index contributed by atoms with van der Waals surface area (Å²) >= 11 is 0. The van der Waals surface area contributed by atoms with Gasteiger partial charge in [-0.05, 0) is 48.7 Å². The van der Waals surface area contributed by atoms with Crippen LogP contribution in [0.5, 0.6) is 0 Å². The third-order valence-corrected chi connectivity index (χ3v) is 5.56. The van der Waals surface area contributed by atoms with Gasteiger partial charge in [0.1, 0.15) is 0 Å². The normalized spacial score (nSPS) is 18.3. The van der Waals surface area contributed by atoms with Gasteiger partial charge in [0.05, 0.1) is 6.42 Å². The van der Waals surface area contributed by atoms with Crippen molar-refractivity contribution in [3.05, 3.63) is 102 Å². The minimum atomic E-state index is -1.08. The van der Waals surface area contributed by atoms with Gasteiger partial charge < -0.3 is 5.32 Å². The predicted octanol–water partition coefficient (Wildman–Crippen LogP) is 5.13. The number of carbonyl (C=O) groups excluding carboxylic acids is 2. The van der Waals surface area contributed by atoms with Crippen LogP contribution < -0.4 is 10.2 Å². The molecule has 2 amide bonds. The molecule has 4 heteroatoms. The van der Waals surface area contributed by atoms with E-state index in [4.69, 9.17) is 0 Å². The van der Waals surface area contributed by atoms with Gasteiger partial charge >= 0.3 is 0 Å². The number of carbonyl (C=O) groups is 2. The van der Waals surface area contributed by atoms with E-state index in [1.165, 1.54) is 0 Å². The fourth-order valence-corrected chi connectivity index (χ4v) is 3.82. The van der Waals surface area contributed by atoms with Gasteiger partial charge in [0.25, 0.3) is 5.91 Å². The topological polar surface area (TPSA) is 49.4 Å². The largest absolute Gasteiger partial charge is 0.323 e. The highest BCUT2D eigenvalue weighted by Crippen LogP contribution is 2.41. The van der Waals surface area contributed by atoms with Crippen molar-refractivity contribution in [3.63, 3.8) is 0 Å². The van der Waals surface area contributed by atoms with Gasteiger partial charge in [0.2, 0.25) is 5.91 Å². The molecular weight excluding hydrogens is 372 g/mol. The molecule has 1 N–H and O–H groups in total. The summed E-state index contributed by atoms with van der Waals surface area (Å²) in [6.45, 7) is 3.90. The van der Waals surface area contributed by atoms with Crippen molar-refractivity contribution in [1.29, 1.82) is 0 Å². The molecule has 0 aromatic heterocycles. The Balaban J connectivity index is 1.76. The summed E-state index contributed by atoms with van der Waals surface area (Å²) in [7, 11) is 0. The fourth-order valence-electron chi connectivity index (χ4n) is 3.82. The molecule has 3 aromatic rings. The number of amides is 2. The first-order valence-corrected chi connectivity index (χ1v) is 10.0. The van der Waals surface area contributed by atoms with Crippen molar-refractivity contribution in [2.24, 2.45) is 0 Å². The molecule has 1 atom stereocenters. The average molecular weight is 396 g/mol. The maximum atomic E-state index is 13.6. The van der Waals surface area contributed by atoms with E-state index in [1.807, 2.05) is 105 Å². The smallest absolute Gasteiger partial charge is 0.255 e. The number of aryl methyl sites for hydroxylation is 2. The number of nitrogens with one attached hydrogen (secondary N) is 1. The van der Waals surface area contributed by atoms with Gasteiger partial charge in [-0.3, -0.25) is 14.5 Å². The number of β-lactam (4-membered cyclic amide) rings is 1. The Morgan fingerprint density at radius 2 is 1.53 bits per heavy atom. The predicted molar refractivity (Wildman–Crippen MR) is 121 cm³/mol. The quantitative estimate of drug-likeness (QED) is 0.608. The van der Waals surface area contributed by atoms with Crippen molar-refractivity contribution in [2.75, 3.05) is 10.2 Å². The Hall–Kier alpha value is -3.66. The molecule has 1 fully saturated rings. The van der Waals surface area contributed by atoms with E-state index < -0.39 is 5.54 Å². The van der Waals surface area contributed by atoms with E-state index >= 15 is 0 Å². The number of benzene rings is 3. The van der Waals surface area contributed by atoms with Crippen LogP contribution in [0.3, 0.4) is 0 Å². The van der Waals surface area contributed by atoms with Crippen LogP contribution in [0.1, 0.15) is 23.1 Å². The lowest BCUT2D eigenvalue weighted by atomic mass is 9.80. The molecule has 1 aliphatic rings. The van der Waals surface area contributed by atoms with Crippen molar-refractivity contribution in [1.82, 2.24) is 0 Å². The molecule has 1 heterocycles. The molecule has 0 spiro atoms. The van der Waals surface area contributed by atoms with E-state index in [-0.39, 0.29) is 18.2 Å². The number of para-hydroxylation sites is 2. The van der Waals surface area contributed by atoms with Crippen LogP contribution >= 0.6 is 0 Å². The van der Waals surface area contributed by atoms with Crippen LogP contribution in [-0.2, 0) is 9.59 Å². The first-order valence-electron chi connectivity index (χ1n) is 10.0. The van der Waals surface area contributed by atoms with Crippen molar-refractivity contribution in [2.45, 2.75) is 25.8 Å². The lowest BCUT2D eigenvalue weighted by Gasteiger charge is -2.49. The summed E-state index contributed by atoms with van der Waals surface area (Å²) in [5, 5.41) is 3.04. The van der Waals surface area contributed by atoms with Gasteiger partial charge in [-0.15, -0.1) is 0 Å². The Labute approximate surface area is 176 Å². The molecule has 1 saturated heterocycles. The summed E-state index contributed by atoms with van der Waals surface area (Å²) in [6.07, 6.45) is 3.89. The molecule has 4 rings (SSSR count). The monoisotopic (exact) mass is 396 g/mol. The maximum absolute atomic E-state index is 13.6. The zero-order chi connectivity index (χ0) is 21.1. The SMILES string of the molecule is Cc1ccccc1NC(=O)C1(C=Cc2ccccc2)CC(=O)N1c1ccccc1C. The van der Waals surface area contributed by atoms with E-state index in [0.717, 1.165) is 28.1 Å². The molecular formula is C26H24N2O2. The number of rotatable bonds is 5. The molecule has 150 valence electrons. The summed E-state index contributed by atoms with van der Waals surface area (Å²) < 4.78 is 0. The molecule has 0 aliphatic carbocycles. The number of anilines is 2. The van der Waals surface area contributed by atoms with Crippen LogP contribution in [0.2, 0.25) is 0 Å². The molecule has 1 aliphatic heterocycles. The van der Waals surface area contributed by atoms with Gasteiger partial charge in [0.15, 0.2) is 5.54 Å². The van der Waals surface area contributed by atoms with Crippen molar-refractivity contribution in [3.8, 4) is 0 Å². The minimum absolute atomic E-state index is 0.0676. The number of hydrogen-bond donors (Lipinski definition) is 1. The first-order chi connectivity index (χ1) is 14.5. The van der Waals surface area contributed by atoms with E-state index in [9.17, 15) is 9.59 Å². The van der Waals surface area contributed by atoms with E-state index in [0.29, 0.717) is 0 Å². The Bertz CT molecular complexity index is 1120. The van der Waals surface area contributed by atoms with Crippen LogP contribution in [0, 0.1) is 13.8 Å². The third-order valence-electron chi connectivity index (χ3n) is 5.56. The highest BCUT2D eigenvalue weighted by molar-refractivity contribution is 6.18. The zero-order valence-electron chi connectivity index (χ0n) is 17.1. The third kappa shape index (κ3) is 3.52. The van der Waals surface area contributed by atoms with Gasteiger partial charge in [0, 0.05) is 11.4 Å². The zero-order valence-corrected chi connectivity index (χ0v) is 17.1. The highest BCUT2D eigenvalue weighted by Gasteiger charge is 2.56. The molecule has 1 unspecified atom stereocenters. The Kier molecular flexibility index (Phi) is 5.23. The first kappa shape index (κ1) is 19.6. The van der Waals surface area contributed by atoms with Gasteiger partial charge in [-0.2, -0.15) is 0 Å². The van der Waals surface area contributed by atoms with E-state index in [2.05, 4.69) is 5.32 Å². The summed E-state index contributed by atoms with van der Waals surface area (Å²) in [5.41, 5.74) is 3.32. The van der Waals surface area contributed by atoms with Crippen LogP contribution in [0.4, 0.5) is 11.4 Å². The second-order valence-corrected chi connectivity index (χ2v) is 7.63. The number of hydrogen-bond acceptors (Lipinski definition) is 2. The summed E-state index contributed by atoms with van der Waals surface area (Å²) in [6, 6.07) is 25.1. The molecule has 0 radical (unpaired) electrons. The molecule has 0 bridgehead atoms. The van der Waals surface area contributed by atoms with Crippen LogP contribution in [0.15, 0.2) is 84.9 Å². The van der Waals surface area contributed by atoms with E-state index in [1.54, 1.807) is 4.90 Å². The molecule has 3 aromatic carbocycles. The van der Waals surface area contributed by atoms with Gasteiger partial charge in [-0.1, -0.05) is 72.8 Å². The summed E-state index contributed by atoms with van der Waals surface area (Å²) in [5.74, 6) is -0.284. The van der Waals surface area contributed by atoms with Crippen molar-refractivity contribution < 1.29 is 9.59 Å². The maximum Gasteiger partial charge on any atom is 0.255 e. The second kappa shape index (κ2) is 7.99. The molecule has 30 heavy (non-hydrogen) atoms. The Morgan fingerprint density at radius 3 is 2.20 bits per heavy atom. The Morgan fingerprint density at radius 1 is 0.900 bits per heavy atom. The summed E-state index contributed by atoms with van der Waals surface area (Å²) in [4.78, 5) is 27.9. The van der Waals surface area contributed by atoms with Crippen LogP contribution in [0.25, 0.3) is 6.08 Å². The fraction of sp³-hybridized carbons (Fsp3) is 0.154. The average Bonchev–Trinajstić information content (AvgIpc) is 2.74. The lowest BCUT2D eigenvalue weighted by molar-refractivity contribution is -0.134. The van der Waals surface area contributed by atoms with Gasteiger partial charge in [-0.25, -0.2) is 0 Å². The highest BCUT2D eigenvalue weighted by atomic mass is 16.2.